The van der Waals surface area contributed by atoms with Crippen LogP contribution in [0.5, 0.6) is 0 Å². The SMILES string of the molecule is COC(c1noc(CC(=O)c2ccccc2)n1)C1CC1. The zero-order valence-electron chi connectivity index (χ0n) is 11.3. The Morgan fingerprint density at radius 3 is 2.80 bits per heavy atom. The van der Waals surface area contributed by atoms with Gasteiger partial charge in [-0.25, -0.2) is 0 Å². The Bertz CT molecular complexity index is 590. The number of hydrogen-bond acceptors (Lipinski definition) is 5. The zero-order chi connectivity index (χ0) is 13.9. The molecule has 5 nitrogen and oxygen atoms in total. The van der Waals surface area contributed by atoms with E-state index in [4.69, 9.17) is 9.26 Å². The summed E-state index contributed by atoms with van der Waals surface area (Å²) in [4.78, 5) is 16.3. The van der Waals surface area contributed by atoms with Gasteiger partial charge in [0.15, 0.2) is 5.78 Å². The third-order valence-corrected chi connectivity index (χ3v) is 3.45. The van der Waals surface area contributed by atoms with E-state index in [1.807, 2.05) is 18.2 Å². The summed E-state index contributed by atoms with van der Waals surface area (Å²) in [5, 5.41) is 3.93. The molecule has 0 spiro atoms. The highest BCUT2D eigenvalue weighted by atomic mass is 16.5. The fraction of sp³-hybridized carbons (Fsp3) is 0.400. The quantitative estimate of drug-likeness (QED) is 0.756. The van der Waals surface area contributed by atoms with Crippen LogP contribution in [0.25, 0.3) is 0 Å². The number of ether oxygens (including phenoxy) is 1. The number of carbonyl (C=O) groups is 1. The first-order chi connectivity index (χ1) is 9.78. The second kappa shape index (κ2) is 5.54. The number of Topliss-reactive ketones (excluding diaryl/α,β-unsaturated/α-hetero) is 1. The smallest absolute Gasteiger partial charge is 0.234 e. The Morgan fingerprint density at radius 1 is 1.40 bits per heavy atom. The summed E-state index contributed by atoms with van der Waals surface area (Å²) in [6.45, 7) is 0. The molecule has 104 valence electrons. The molecule has 1 fully saturated rings. The minimum Gasteiger partial charge on any atom is -0.373 e. The van der Waals surface area contributed by atoms with Gasteiger partial charge in [-0.3, -0.25) is 4.79 Å². The van der Waals surface area contributed by atoms with E-state index in [0.717, 1.165) is 12.8 Å². The van der Waals surface area contributed by atoms with Crippen molar-refractivity contribution in [3.05, 3.63) is 47.6 Å². The number of hydrogen-bond donors (Lipinski definition) is 0. The molecule has 0 aliphatic heterocycles. The van der Waals surface area contributed by atoms with Crippen molar-refractivity contribution in [2.75, 3.05) is 7.11 Å². The number of ketones is 1. The first kappa shape index (κ1) is 13.0. The van der Waals surface area contributed by atoms with Crippen LogP contribution in [0.4, 0.5) is 0 Å². The number of nitrogens with zero attached hydrogens (tertiary/aromatic N) is 2. The van der Waals surface area contributed by atoms with Crippen molar-refractivity contribution in [3.63, 3.8) is 0 Å². The molecule has 1 aliphatic rings. The molecule has 1 aliphatic carbocycles. The van der Waals surface area contributed by atoms with Crippen LogP contribution in [0.2, 0.25) is 0 Å². The molecule has 1 atom stereocenters. The number of aromatic nitrogens is 2. The van der Waals surface area contributed by atoms with Gasteiger partial charge in [0, 0.05) is 12.7 Å². The van der Waals surface area contributed by atoms with Crippen LogP contribution in [0.15, 0.2) is 34.9 Å². The van der Waals surface area contributed by atoms with E-state index in [-0.39, 0.29) is 18.3 Å². The Balaban J connectivity index is 1.69. The lowest BCUT2D eigenvalue weighted by Crippen LogP contribution is -2.07. The van der Waals surface area contributed by atoms with Gasteiger partial charge < -0.3 is 9.26 Å². The van der Waals surface area contributed by atoms with Gasteiger partial charge in [-0.15, -0.1) is 0 Å². The second-order valence-corrected chi connectivity index (χ2v) is 5.01. The highest BCUT2D eigenvalue weighted by molar-refractivity contribution is 5.96. The largest absolute Gasteiger partial charge is 0.373 e. The number of benzene rings is 1. The topological polar surface area (TPSA) is 65.2 Å². The molecule has 1 saturated carbocycles. The van der Waals surface area contributed by atoms with Gasteiger partial charge in [-0.05, 0) is 18.8 Å². The van der Waals surface area contributed by atoms with E-state index >= 15 is 0 Å². The van der Waals surface area contributed by atoms with Gasteiger partial charge in [0.1, 0.15) is 6.10 Å². The molecule has 1 aromatic heterocycles. The summed E-state index contributed by atoms with van der Waals surface area (Å²) in [6.07, 6.45) is 2.27. The predicted octanol–water partition coefficient (Wildman–Crippen LogP) is 2.59. The summed E-state index contributed by atoms with van der Waals surface area (Å²) in [6, 6.07) is 9.10. The molecule has 20 heavy (non-hydrogen) atoms. The van der Waals surface area contributed by atoms with Crippen LogP contribution in [-0.4, -0.2) is 23.0 Å². The van der Waals surface area contributed by atoms with E-state index in [2.05, 4.69) is 10.1 Å². The third-order valence-electron chi connectivity index (χ3n) is 3.45. The maximum atomic E-state index is 12.0. The van der Waals surface area contributed by atoms with Gasteiger partial charge >= 0.3 is 0 Å². The van der Waals surface area contributed by atoms with Crippen LogP contribution in [0.3, 0.4) is 0 Å². The predicted molar refractivity (Wildman–Crippen MR) is 71.2 cm³/mol. The maximum Gasteiger partial charge on any atom is 0.234 e. The van der Waals surface area contributed by atoms with Crippen molar-refractivity contribution in [3.8, 4) is 0 Å². The molecule has 1 heterocycles. The standard InChI is InChI=1S/C15H16N2O3/c1-19-14(11-7-8-11)15-16-13(20-17-15)9-12(18)10-5-3-2-4-6-10/h2-6,11,14H,7-9H2,1H3. The van der Waals surface area contributed by atoms with Crippen LogP contribution in [0, 0.1) is 5.92 Å². The summed E-state index contributed by atoms with van der Waals surface area (Å²) in [5.74, 6) is 1.35. The molecule has 1 unspecified atom stereocenters. The van der Waals surface area contributed by atoms with E-state index in [0.29, 0.717) is 23.2 Å². The van der Waals surface area contributed by atoms with Crippen LogP contribution < -0.4 is 0 Å². The molecular weight excluding hydrogens is 256 g/mol. The Hall–Kier alpha value is -2.01. The molecule has 2 aromatic rings. The lowest BCUT2D eigenvalue weighted by molar-refractivity contribution is 0.0751. The molecule has 0 radical (unpaired) electrons. The Kier molecular flexibility index (Phi) is 3.60. The maximum absolute atomic E-state index is 12.0. The van der Waals surface area contributed by atoms with E-state index in [9.17, 15) is 4.79 Å². The zero-order valence-corrected chi connectivity index (χ0v) is 11.3. The minimum atomic E-state index is -0.112. The molecule has 0 bridgehead atoms. The van der Waals surface area contributed by atoms with Crippen LogP contribution >= 0.6 is 0 Å². The fourth-order valence-electron chi connectivity index (χ4n) is 2.23. The highest BCUT2D eigenvalue weighted by Crippen LogP contribution is 2.41. The lowest BCUT2D eigenvalue weighted by Gasteiger charge is -2.08. The normalized spacial score (nSPS) is 16.1. The van der Waals surface area contributed by atoms with Gasteiger partial charge in [0.05, 0.1) is 6.42 Å². The van der Waals surface area contributed by atoms with Crippen LogP contribution in [0.1, 0.15) is 41.0 Å². The molecular formula is C15H16N2O3. The first-order valence-corrected chi connectivity index (χ1v) is 6.71. The van der Waals surface area contributed by atoms with Gasteiger partial charge in [-0.1, -0.05) is 35.5 Å². The summed E-state index contributed by atoms with van der Waals surface area (Å²) in [7, 11) is 1.65. The number of rotatable bonds is 6. The van der Waals surface area contributed by atoms with Crippen molar-refractivity contribution in [1.82, 2.24) is 10.1 Å². The van der Waals surface area contributed by atoms with Gasteiger partial charge in [0.25, 0.3) is 0 Å². The fourth-order valence-corrected chi connectivity index (χ4v) is 2.23. The number of carbonyl (C=O) groups excluding carboxylic acids is 1. The van der Waals surface area contributed by atoms with Crippen molar-refractivity contribution < 1.29 is 14.1 Å². The van der Waals surface area contributed by atoms with Crippen molar-refractivity contribution >= 4 is 5.78 Å². The summed E-state index contributed by atoms with van der Waals surface area (Å²) >= 11 is 0. The van der Waals surface area contributed by atoms with Crippen molar-refractivity contribution in [1.29, 1.82) is 0 Å². The molecule has 0 amide bonds. The third kappa shape index (κ3) is 2.77. The second-order valence-electron chi connectivity index (χ2n) is 5.01. The van der Waals surface area contributed by atoms with Crippen molar-refractivity contribution in [2.45, 2.75) is 25.4 Å². The van der Waals surface area contributed by atoms with Crippen LogP contribution in [-0.2, 0) is 11.2 Å². The Morgan fingerprint density at radius 2 is 2.15 bits per heavy atom. The molecule has 5 heteroatoms. The van der Waals surface area contributed by atoms with E-state index < -0.39 is 0 Å². The summed E-state index contributed by atoms with van der Waals surface area (Å²) < 4.78 is 10.5. The average molecular weight is 272 g/mol. The monoisotopic (exact) mass is 272 g/mol. The summed E-state index contributed by atoms with van der Waals surface area (Å²) in [5.41, 5.74) is 0.651. The van der Waals surface area contributed by atoms with Crippen molar-refractivity contribution in [2.24, 2.45) is 5.92 Å². The van der Waals surface area contributed by atoms with E-state index in [1.165, 1.54) is 0 Å². The molecule has 0 N–H and O–H groups in total. The first-order valence-electron chi connectivity index (χ1n) is 6.71. The molecule has 3 rings (SSSR count). The average Bonchev–Trinajstić information content (AvgIpc) is 3.21. The van der Waals surface area contributed by atoms with Gasteiger partial charge in [0.2, 0.25) is 11.7 Å². The van der Waals surface area contributed by atoms with Gasteiger partial charge in [-0.2, -0.15) is 4.98 Å². The molecule has 0 saturated heterocycles. The lowest BCUT2D eigenvalue weighted by atomic mass is 10.1. The minimum absolute atomic E-state index is 0.0267. The molecule has 1 aromatic carbocycles. The number of methoxy groups -OCH3 is 1. The van der Waals surface area contributed by atoms with E-state index in [1.54, 1.807) is 19.2 Å². The highest BCUT2D eigenvalue weighted by Gasteiger charge is 2.35. The Labute approximate surface area is 116 Å².